The van der Waals surface area contributed by atoms with Gasteiger partial charge in [0.1, 0.15) is 0 Å². The molecule has 4 rings (SSSR count). The molecule has 0 saturated heterocycles. The molecular formula is C20H19NOS2. The molecule has 0 fully saturated rings. The van der Waals surface area contributed by atoms with Crippen molar-refractivity contribution in [1.29, 1.82) is 0 Å². The number of benzene rings is 1. The van der Waals surface area contributed by atoms with E-state index in [-0.39, 0.29) is 11.9 Å². The van der Waals surface area contributed by atoms with Gasteiger partial charge in [-0.1, -0.05) is 25.1 Å². The Morgan fingerprint density at radius 2 is 1.96 bits per heavy atom. The molecule has 0 N–H and O–H groups in total. The van der Waals surface area contributed by atoms with Gasteiger partial charge in [0, 0.05) is 21.9 Å². The number of carbonyl (C=O) groups is 1. The standard InChI is InChI=1S/C20H19NOS2/c1-2-14-5-7-15(8-6-14)20(22)21-11-9-17-16(10-13-24-17)19(21)18-4-3-12-23-18/h3-8,10,12-13,19H,2,9,11H2,1H3/t19-/m0/s1. The summed E-state index contributed by atoms with van der Waals surface area (Å²) in [6.45, 7) is 2.91. The molecule has 122 valence electrons. The van der Waals surface area contributed by atoms with E-state index in [1.807, 2.05) is 28.4 Å². The minimum absolute atomic E-state index is 0.0540. The van der Waals surface area contributed by atoms with Crippen LogP contribution in [-0.4, -0.2) is 17.4 Å². The van der Waals surface area contributed by atoms with Crippen LogP contribution in [0.3, 0.4) is 0 Å². The molecule has 0 unspecified atom stereocenters. The first-order chi connectivity index (χ1) is 11.8. The van der Waals surface area contributed by atoms with Crippen molar-refractivity contribution in [1.82, 2.24) is 4.90 Å². The Hall–Kier alpha value is -1.91. The third-order valence-corrected chi connectivity index (χ3v) is 6.57. The lowest BCUT2D eigenvalue weighted by Gasteiger charge is -2.35. The van der Waals surface area contributed by atoms with E-state index < -0.39 is 0 Å². The molecular weight excluding hydrogens is 334 g/mol. The Balaban J connectivity index is 1.71. The number of hydrogen-bond donors (Lipinski definition) is 0. The molecule has 4 heteroatoms. The summed E-state index contributed by atoms with van der Waals surface area (Å²) in [5.74, 6) is 0.132. The molecule has 2 nitrogen and oxygen atoms in total. The van der Waals surface area contributed by atoms with E-state index in [9.17, 15) is 4.79 Å². The molecule has 24 heavy (non-hydrogen) atoms. The summed E-state index contributed by atoms with van der Waals surface area (Å²) in [5.41, 5.74) is 3.35. The van der Waals surface area contributed by atoms with E-state index in [1.54, 1.807) is 11.3 Å². The van der Waals surface area contributed by atoms with E-state index in [0.717, 1.165) is 24.9 Å². The molecule has 1 atom stereocenters. The van der Waals surface area contributed by atoms with Crippen molar-refractivity contribution in [3.63, 3.8) is 0 Å². The van der Waals surface area contributed by atoms with Crippen LogP contribution in [0.25, 0.3) is 0 Å². The first kappa shape index (κ1) is 15.6. The number of carbonyl (C=O) groups excluding carboxylic acids is 1. The number of nitrogens with zero attached hydrogens (tertiary/aromatic N) is 1. The second-order valence-corrected chi connectivity index (χ2v) is 8.00. The van der Waals surface area contributed by atoms with E-state index >= 15 is 0 Å². The zero-order valence-corrected chi connectivity index (χ0v) is 15.2. The zero-order chi connectivity index (χ0) is 16.5. The molecule has 3 heterocycles. The van der Waals surface area contributed by atoms with Gasteiger partial charge in [-0.25, -0.2) is 0 Å². The maximum atomic E-state index is 13.2. The van der Waals surface area contributed by atoms with Crippen LogP contribution in [-0.2, 0) is 12.8 Å². The predicted octanol–water partition coefficient (Wildman–Crippen LogP) is 5.16. The fraction of sp³-hybridized carbons (Fsp3) is 0.250. The quantitative estimate of drug-likeness (QED) is 0.637. The van der Waals surface area contributed by atoms with Crippen LogP contribution in [0.5, 0.6) is 0 Å². The highest BCUT2D eigenvalue weighted by Gasteiger charge is 2.33. The van der Waals surface area contributed by atoms with Crippen molar-refractivity contribution >= 4 is 28.6 Å². The summed E-state index contributed by atoms with van der Waals surface area (Å²) < 4.78 is 0. The smallest absolute Gasteiger partial charge is 0.254 e. The van der Waals surface area contributed by atoms with Gasteiger partial charge in [-0.3, -0.25) is 4.79 Å². The van der Waals surface area contributed by atoms with Crippen LogP contribution in [0.2, 0.25) is 0 Å². The van der Waals surface area contributed by atoms with Gasteiger partial charge in [0.05, 0.1) is 6.04 Å². The Bertz CT molecular complexity index is 833. The number of fused-ring (bicyclic) bond motifs is 1. The largest absolute Gasteiger partial charge is 0.326 e. The lowest BCUT2D eigenvalue weighted by atomic mass is 9.97. The van der Waals surface area contributed by atoms with Crippen LogP contribution in [0.1, 0.15) is 44.2 Å². The maximum Gasteiger partial charge on any atom is 0.254 e. The molecule has 1 amide bonds. The Labute approximate surface area is 150 Å². The molecule has 1 aliphatic heterocycles. The molecule has 0 saturated carbocycles. The molecule has 0 aliphatic carbocycles. The van der Waals surface area contributed by atoms with Gasteiger partial charge in [-0.15, -0.1) is 22.7 Å². The number of thiophene rings is 2. The fourth-order valence-corrected chi connectivity index (χ4v) is 5.10. The van der Waals surface area contributed by atoms with Gasteiger partial charge in [-0.2, -0.15) is 0 Å². The topological polar surface area (TPSA) is 20.3 Å². The van der Waals surface area contributed by atoms with E-state index in [4.69, 9.17) is 0 Å². The number of rotatable bonds is 3. The third-order valence-electron chi connectivity index (χ3n) is 4.65. The summed E-state index contributed by atoms with van der Waals surface area (Å²) in [6, 6.07) is 14.5. The third kappa shape index (κ3) is 2.70. The van der Waals surface area contributed by atoms with Crippen LogP contribution in [0.15, 0.2) is 53.2 Å². The van der Waals surface area contributed by atoms with Crippen LogP contribution in [0.4, 0.5) is 0 Å². The van der Waals surface area contributed by atoms with E-state index in [2.05, 4.69) is 48.0 Å². The van der Waals surface area contributed by atoms with E-state index in [1.165, 1.54) is 20.9 Å². The number of aryl methyl sites for hydroxylation is 1. The molecule has 0 bridgehead atoms. The van der Waals surface area contributed by atoms with Gasteiger partial charge < -0.3 is 4.90 Å². The lowest BCUT2D eigenvalue weighted by Crippen LogP contribution is -2.39. The first-order valence-corrected chi connectivity index (χ1v) is 10.0. The number of amides is 1. The fourth-order valence-electron chi connectivity index (χ4n) is 3.34. The van der Waals surface area contributed by atoms with Gasteiger partial charge in [0.25, 0.3) is 5.91 Å². The summed E-state index contributed by atoms with van der Waals surface area (Å²) in [7, 11) is 0. The van der Waals surface area contributed by atoms with Gasteiger partial charge in [-0.05, 0) is 59.0 Å². The Morgan fingerprint density at radius 1 is 1.12 bits per heavy atom. The molecule has 1 aromatic carbocycles. The first-order valence-electron chi connectivity index (χ1n) is 8.27. The van der Waals surface area contributed by atoms with Crippen LogP contribution in [0, 0.1) is 0 Å². The predicted molar refractivity (Wildman–Crippen MR) is 101 cm³/mol. The Morgan fingerprint density at radius 3 is 2.67 bits per heavy atom. The van der Waals surface area contributed by atoms with Crippen molar-refractivity contribution in [2.75, 3.05) is 6.54 Å². The minimum Gasteiger partial charge on any atom is -0.326 e. The van der Waals surface area contributed by atoms with Crippen molar-refractivity contribution in [3.8, 4) is 0 Å². The van der Waals surface area contributed by atoms with Crippen LogP contribution >= 0.6 is 22.7 Å². The molecule has 3 aromatic rings. The average Bonchev–Trinajstić information content (AvgIpc) is 3.31. The number of hydrogen-bond acceptors (Lipinski definition) is 3. The summed E-state index contributed by atoms with van der Waals surface area (Å²) in [5, 5.41) is 4.24. The second kappa shape index (κ2) is 6.54. The molecule has 2 aromatic heterocycles. The molecule has 1 aliphatic rings. The average molecular weight is 354 g/mol. The minimum atomic E-state index is 0.0540. The van der Waals surface area contributed by atoms with Crippen molar-refractivity contribution in [3.05, 3.63) is 79.7 Å². The SMILES string of the molecule is CCc1ccc(C(=O)N2CCc3sccc3[C@H]2c2cccs2)cc1. The summed E-state index contributed by atoms with van der Waals surface area (Å²) in [4.78, 5) is 17.9. The van der Waals surface area contributed by atoms with Gasteiger partial charge in [0.15, 0.2) is 0 Å². The van der Waals surface area contributed by atoms with Gasteiger partial charge in [0.2, 0.25) is 0 Å². The summed E-state index contributed by atoms with van der Waals surface area (Å²) >= 11 is 3.54. The van der Waals surface area contributed by atoms with Crippen LogP contribution < -0.4 is 0 Å². The highest BCUT2D eigenvalue weighted by atomic mass is 32.1. The monoisotopic (exact) mass is 353 g/mol. The van der Waals surface area contributed by atoms with Crippen molar-refractivity contribution in [2.24, 2.45) is 0 Å². The van der Waals surface area contributed by atoms with Crippen molar-refractivity contribution < 1.29 is 4.79 Å². The van der Waals surface area contributed by atoms with Crippen molar-refractivity contribution in [2.45, 2.75) is 25.8 Å². The molecule has 0 radical (unpaired) electrons. The summed E-state index contributed by atoms with van der Waals surface area (Å²) in [6.07, 6.45) is 1.95. The highest BCUT2D eigenvalue weighted by Crippen LogP contribution is 2.40. The Kier molecular flexibility index (Phi) is 4.25. The lowest BCUT2D eigenvalue weighted by molar-refractivity contribution is 0.0699. The maximum absolute atomic E-state index is 13.2. The second-order valence-electron chi connectivity index (χ2n) is 6.02. The van der Waals surface area contributed by atoms with Gasteiger partial charge >= 0.3 is 0 Å². The normalized spacial score (nSPS) is 16.9. The highest BCUT2D eigenvalue weighted by molar-refractivity contribution is 7.10. The van der Waals surface area contributed by atoms with E-state index in [0.29, 0.717) is 0 Å². The molecule has 0 spiro atoms. The zero-order valence-electron chi connectivity index (χ0n) is 13.6.